The third kappa shape index (κ3) is 7.58. The highest BCUT2D eigenvalue weighted by Crippen LogP contribution is 1.74. The zero-order valence-corrected chi connectivity index (χ0v) is 6.29. The van der Waals surface area contributed by atoms with Crippen LogP contribution in [-0.2, 0) is 13.6 Å². The van der Waals surface area contributed by atoms with E-state index in [0.717, 1.165) is 0 Å². The van der Waals surface area contributed by atoms with Crippen LogP contribution in [0, 0.1) is 0 Å². The lowest BCUT2D eigenvalue weighted by Gasteiger charge is -1.98. The smallest absolute Gasteiger partial charge is 0.511 e. The summed E-state index contributed by atoms with van der Waals surface area (Å²) in [6.45, 7) is 3.04. The molecular weight excluding hydrogens is 140 g/mol. The Morgan fingerprint density at radius 3 is 2.67 bits per heavy atom. The van der Waals surface area contributed by atoms with Gasteiger partial charge in [0, 0.05) is 6.61 Å². The number of rotatable bonds is 5. The predicted molar refractivity (Wildman–Crippen MR) is 31.1 cm³/mol. The van der Waals surface area contributed by atoms with Crippen LogP contribution in [0.25, 0.3) is 0 Å². The Morgan fingerprint density at radius 1 is 1.56 bits per heavy atom. The summed E-state index contributed by atoms with van der Waals surface area (Å²) in [5.41, 5.74) is 0. The fraction of sp³-hybridized carbons (Fsp3) is 1.00. The van der Waals surface area contributed by atoms with Crippen LogP contribution < -0.4 is 0 Å². The van der Waals surface area contributed by atoms with E-state index in [1.165, 1.54) is 0 Å². The van der Waals surface area contributed by atoms with Crippen LogP contribution in [0.1, 0.15) is 6.92 Å². The first-order valence-corrected chi connectivity index (χ1v) is 3.97. The van der Waals surface area contributed by atoms with Gasteiger partial charge in [-0.1, -0.05) is 0 Å². The fourth-order valence-corrected chi connectivity index (χ4v) is 0.590. The average Bonchev–Trinajstić information content (AvgIpc) is 1.80. The van der Waals surface area contributed by atoms with E-state index in [2.05, 4.69) is 4.43 Å². The van der Waals surface area contributed by atoms with Crippen molar-refractivity contribution in [1.82, 2.24) is 0 Å². The molecule has 0 radical (unpaired) electrons. The molecule has 4 nitrogen and oxygen atoms in total. The van der Waals surface area contributed by atoms with Crippen molar-refractivity contribution in [1.29, 1.82) is 0 Å². The normalized spacial score (nSPS) is 9.00. The maximum atomic E-state index is 9.87. The molecule has 9 heavy (non-hydrogen) atoms. The van der Waals surface area contributed by atoms with Gasteiger partial charge in [-0.25, -0.2) is 0 Å². The summed E-state index contributed by atoms with van der Waals surface area (Å²) < 4.78 is 19.0. The third-order valence-corrected chi connectivity index (χ3v) is 1.11. The fourth-order valence-electron chi connectivity index (χ4n) is 0.332. The van der Waals surface area contributed by atoms with Gasteiger partial charge in [-0.15, -0.1) is 0 Å². The minimum atomic E-state index is -2.75. The summed E-state index contributed by atoms with van der Waals surface area (Å²) in [5, 5.41) is 0. The van der Waals surface area contributed by atoms with Crippen LogP contribution in [-0.4, -0.2) is 33.8 Å². The second-order valence-corrected chi connectivity index (χ2v) is 2.13. The summed E-state index contributed by atoms with van der Waals surface area (Å²) in [6, 6.07) is 0. The molecule has 0 atom stereocenters. The molecule has 0 unspecified atom stereocenters. The van der Waals surface area contributed by atoms with Crippen LogP contribution >= 0.6 is 0 Å². The van der Waals surface area contributed by atoms with E-state index in [0.29, 0.717) is 13.2 Å². The highest BCUT2D eigenvalue weighted by Gasteiger charge is 2.00. The Balaban J connectivity index is 2.83. The minimum Gasteiger partial charge on any atom is -0.511 e. The van der Waals surface area contributed by atoms with Crippen molar-refractivity contribution in [2.24, 2.45) is 0 Å². The highest BCUT2D eigenvalue weighted by atomic mass is 28.3. The van der Waals surface area contributed by atoms with E-state index in [4.69, 9.17) is 9.53 Å². The second-order valence-electron chi connectivity index (χ2n) is 1.31. The number of ether oxygens (including phenoxy) is 1. The predicted octanol–water partition coefficient (Wildman–Crippen LogP) is -0.553. The van der Waals surface area contributed by atoms with E-state index >= 15 is 0 Å². The Morgan fingerprint density at radius 2 is 2.22 bits per heavy atom. The van der Waals surface area contributed by atoms with Gasteiger partial charge in [0.05, 0.1) is 13.2 Å². The van der Waals surface area contributed by atoms with E-state index in [9.17, 15) is 4.46 Å². The number of hydrogen-bond donors (Lipinski definition) is 1. The first kappa shape index (κ1) is 8.58. The van der Waals surface area contributed by atoms with Crippen molar-refractivity contribution in [3.05, 3.63) is 0 Å². The monoisotopic (exact) mass is 150 g/mol. The lowest BCUT2D eigenvalue weighted by molar-refractivity contribution is 0.0964. The van der Waals surface area contributed by atoms with Gasteiger partial charge in [-0.2, -0.15) is 0 Å². The van der Waals surface area contributed by atoms with Crippen LogP contribution in [0.4, 0.5) is 0 Å². The molecule has 0 bridgehead atoms. The van der Waals surface area contributed by atoms with Gasteiger partial charge >= 0.3 is 9.17 Å². The van der Waals surface area contributed by atoms with Crippen molar-refractivity contribution >= 4 is 9.17 Å². The molecule has 0 aromatic rings. The Labute approximate surface area is 55.3 Å². The topological polar surface area (TPSA) is 55.8 Å². The molecule has 0 aliphatic heterocycles. The molecule has 0 aliphatic rings. The average molecular weight is 150 g/mol. The van der Waals surface area contributed by atoms with Gasteiger partial charge < -0.3 is 14.0 Å². The standard InChI is InChI=1S/C4H10O4Si/c1-2-7-3-4-8-9(5)6/h5H,2-4H2,1H3. The second kappa shape index (κ2) is 5.71. The summed E-state index contributed by atoms with van der Waals surface area (Å²) in [4.78, 5) is 8.12. The summed E-state index contributed by atoms with van der Waals surface area (Å²) in [6.07, 6.45) is 0. The van der Waals surface area contributed by atoms with E-state index in [1.807, 2.05) is 6.92 Å². The van der Waals surface area contributed by atoms with Gasteiger partial charge in [0.1, 0.15) is 0 Å². The molecule has 0 fully saturated rings. The molecule has 0 amide bonds. The first-order chi connectivity index (χ1) is 4.27. The van der Waals surface area contributed by atoms with E-state index in [1.54, 1.807) is 0 Å². The zero-order valence-electron chi connectivity index (χ0n) is 5.29. The number of hydrogen-bond acceptors (Lipinski definition) is 3. The van der Waals surface area contributed by atoms with Crippen molar-refractivity contribution in [3.8, 4) is 0 Å². The Hall–Kier alpha value is -0.423. The Bertz CT molecular complexity index is 84.6. The molecule has 0 aliphatic carbocycles. The van der Waals surface area contributed by atoms with Crippen LogP contribution in [0.15, 0.2) is 0 Å². The summed E-state index contributed by atoms with van der Waals surface area (Å²) in [7, 11) is -2.75. The SMILES string of the molecule is CCOCCO[Si](=O)O. The molecule has 0 aromatic carbocycles. The van der Waals surface area contributed by atoms with Gasteiger partial charge in [0.15, 0.2) is 0 Å². The van der Waals surface area contributed by atoms with Gasteiger partial charge in [0.2, 0.25) is 0 Å². The van der Waals surface area contributed by atoms with Crippen LogP contribution in [0.2, 0.25) is 0 Å². The lowest BCUT2D eigenvalue weighted by Crippen LogP contribution is -2.11. The zero-order chi connectivity index (χ0) is 7.11. The molecule has 0 aromatic heterocycles. The minimum absolute atomic E-state index is 0.197. The largest absolute Gasteiger partial charge is 0.764 e. The van der Waals surface area contributed by atoms with Crippen molar-refractivity contribution in [2.45, 2.75) is 6.92 Å². The molecule has 0 heterocycles. The van der Waals surface area contributed by atoms with E-state index in [-0.39, 0.29) is 6.61 Å². The quantitative estimate of drug-likeness (QED) is 0.422. The van der Waals surface area contributed by atoms with Gasteiger partial charge in [-0.3, -0.25) is 4.46 Å². The van der Waals surface area contributed by atoms with E-state index < -0.39 is 9.17 Å². The maximum absolute atomic E-state index is 9.87. The third-order valence-electron chi connectivity index (χ3n) is 0.657. The highest BCUT2D eigenvalue weighted by molar-refractivity contribution is 6.24. The first-order valence-electron chi connectivity index (χ1n) is 2.70. The van der Waals surface area contributed by atoms with Crippen molar-refractivity contribution < 1.29 is 18.4 Å². The molecule has 5 heteroatoms. The maximum Gasteiger partial charge on any atom is 0.764 e. The van der Waals surface area contributed by atoms with Crippen LogP contribution in [0.3, 0.4) is 0 Å². The summed E-state index contributed by atoms with van der Waals surface area (Å²) >= 11 is 0. The molecule has 0 saturated heterocycles. The Kier molecular flexibility index (Phi) is 5.44. The lowest BCUT2D eigenvalue weighted by atomic mass is 10.8. The van der Waals surface area contributed by atoms with Gasteiger partial charge in [-0.05, 0) is 6.92 Å². The molecule has 0 saturated carbocycles. The molecule has 0 rings (SSSR count). The van der Waals surface area contributed by atoms with Crippen molar-refractivity contribution in [2.75, 3.05) is 19.8 Å². The molecule has 0 spiro atoms. The summed E-state index contributed by atoms with van der Waals surface area (Å²) in [5.74, 6) is 0. The molecule has 54 valence electrons. The van der Waals surface area contributed by atoms with Crippen molar-refractivity contribution in [3.63, 3.8) is 0 Å². The van der Waals surface area contributed by atoms with Gasteiger partial charge in [0.25, 0.3) is 0 Å². The van der Waals surface area contributed by atoms with Crippen LogP contribution in [0.5, 0.6) is 0 Å². The molecule has 1 N–H and O–H groups in total. The molecular formula is C4H10O4Si.